The maximum Gasteiger partial charge on any atom is 0.303 e. The standard InChI is InChI=1S/C12H17NO3/c1-8(4-12(15)16)7-13-9(2)5-11(14)6-10(13)3/h5-6,8H,4,7H2,1-3H3,(H,15,16). The number of aliphatic carboxylic acids is 1. The molecule has 16 heavy (non-hydrogen) atoms. The van der Waals surface area contributed by atoms with Crippen LogP contribution < -0.4 is 5.43 Å². The predicted octanol–water partition coefficient (Wildman–Crippen LogP) is 1.58. The molecule has 0 aliphatic rings. The average Bonchev–Trinajstić information content (AvgIpc) is 2.09. The van der Waals surface area contributed by atoms with E-state index in [4.69, 9.17) is 5.11 Å². The van der Waals surface area contributed by atoms with Crippen molar-refractivity contribution in [2.45, 2.75) is 33.7 Å². The number of nitrogens with zero attached hydrogens (tertiary/aromatic N) is 1. The molecule has 0 aromatic carbocycles. The maximum absolute atomic E-state index is 11.2. The zero-order chi connectivity index (χ0) is 12.3. The van der Waals surface area contributed by atoms with E-state index in [9.17, 15) is 9.59 Å². The molecule has 1 aromatic rings. The van der Waals surface area contributed by atoms with Crippen LogP contribution in [0.2, 0.25) is 0 Å². The molecule has 1 aromatic heterocycles. The normalized spacial score (nSPS) is 12.4. The highest BCUT2D eigenvalue weighted by molar-refractivity contribution is 5.66. The van der Waals surface area contributed by atoms with Crippen LogP contribution in [-0.2, 0) is 11.3 Å². The van der Waals surface area contributed by atoms with Crippen LogP contribution in [0.25, 0.3) is 0 Å². The molecule has 1 atom stereocenters. The molecular formula is C12H17NO3. The van der Waals surface area contributed by atoms with Crippen LogP contribution in [0.15, 0.2) is 16.9 Å². The Hall–Kier alpha value is -1.58. The predicted molar refractivity (Wildman–Crippen MR) is 61.6 cm³/mol. The van der Waals surface area contributed by atoms with Crippen molar-refractivity contribution in [3.05, 3.63) is 33.7 Å². The Kier molecular flexibility index (Phi) is 3.88. The van der Waals surface area contributed by atoms with Crippen molar-refractivity contribution in [3.63, 3.8) is 0 Å². The highest BCUT2D eigenvalue weighted by Crippen LogP contribution is 2.10. The lowest BCUT2D eigenvalue weighted by molar-refractivity contribution is -0.138. The van der Waals surface area contributed by atoms with E-state index < -0.39 is 5.97 Å². The summed E-state index contributed by atoms with van der Waals surface area (Å²) in [4.78, 5) is 21.8. The Labute approximate surface area is 94.5 Å². The Morgan fingerprint density at radius 3 is 2.31 bits per heavy atom. The molecule has 4 nitrogen and oxygen atoms in total. The van der Waals surface area contributed by atoms with Gasteiger partial charge in [-0.3, -0.25) is 9.59 Å². The lowest BCUT2D eigenvalue weighted by Crippen LogP contribution is -2.18. The van der Waals surface area contributed by atoms with Crippen LogP contribution in [0, 0.1) is 19.8 Å². The lowest BCUT2D eigenvalue weighted by Gasteiger charge is -2.17. The molecule has 0 aliphatic heterocycles. The van der Waals surface area contributed by atoms with E-state index in [0.717, 1.165) is 11.4 Å². The molecule has 0 aliphatic carbocycles. The fourth-order valence-corrected chi connectivity index (χ4v) is 1.85. The molecule has 1 rings (SSSR count). The summed E-state index contributed by atoms with van der Waals surface area (Å²) in [5.74, 6) is -0.735. The topological polar surface area (TPSA) is 59.3 Å². The number of hydrogen-bond acceptors (Lipinski definition) is 2. The minimum atomic E-state index is -0.788. The number of carboxylic acid groups (broad SMARTS) is 1. The van der Waals surface area contributed by atoms with Gasteiger partial charge in [-0.25, -0.2) is 0 Å². The Morgan fingerprint density at radius 1 is 1.38 bits per heavy atom. The summed E-state index contributed by atoms with van der Waals surface area (Å²) in [5.41, 5.74) is 1.75. The third-order valence-corrected chi connectivity index (χ3v) is 2.57. The van der Waals surface area contributed by atoms with Crippen LogP contribution in [-0.4, -0.2) is 15.6 Å². The first-order valence-corrected chi connectivity index (χ1v) is 5.30. The van der Waals surface area contributed by atoms with Crippen molar-refractivity contribution in [1.29, 1.82) is 0 Å². The first kappa shape index (κ1) is 12.5. The van der Waals surface area contributed by atoms with Gasteiger partial charge in [-0.05, 0) is 19.8 Å². The third kappa shape index (κ3) is 3.22. The Morgan fingerprint density at radius 2 is 1.88 bits per heavy atom. The molecule has 0 spiro atoms. The first-order chi connectivity index (χ1) is 7.40. The molecule has 0 amide bonds. The van der Waals surface area contributed by atoms with Gasteiger partial charge in [0.05, 0.1) is 0 Å². The molecule has 4 heteroatoms. The van der Waals surface area contributed by atoms with E-state index in [1.54, 1.807) is 12.1 Å². The molecule has 88 valence electrons. The smallest absolute Gasteiger partial charge is 0.303 e. The van der Waals surface area contributed by atoms with Gasteiger partial charge in [0.15, 0.2) is 5.43 Å². The maximum atomic E-state index is 11.2. The van der Waals surface area contributed by atoms with Crippen molar-refractivity contribution < 1.29 is 9.90 Å². The third-order valence-electron chi connectivity index (χ3n) is 2.57. The van der Waals surface area contributed by atoms with Crippen molar-refractivity contribution in [2.75, 3.05) is 0 Å². The molecule has 0 bridgehead atoms. The van der Waals surface area contributed by atoms with E-state index in [0.29, 0.717) is 6.54 Å². The molecule has 1 N–H and O–H groups in total. The first-order valence-electron chi connectivity index (χ1n) is 5.30. The van der Waals surface area contributed by atoms with Crippen LogP contribution in [0.3, 0.4) is 0 Å². The number of carboxylic acids is 1. The molecule has 0 saturated heterocycles. The second-order valence-electron chi connectivity index (χ2n) is 4.29. The van der Waals surface area contributed by atoms with Gasteiger partial charge < -0.3 is 9.67 Å². The van der Waals surface area contributed by atoms with Crippen molar-refractivity contribution in [1.82, 2.24) is 4.57 Å². The summed E-state index contributed by atoms with van der Waals surface area (Å²) in [5, 5.41) is 8.69. The SMILES string of the molecule is Cc1cc(=O)cc(C)n1CC(C)CC(=O)O. The van der Waals surface area contributed by atoms with Gasteiger partial charge in [-0.15, -0.1) is 0 Å². The minimum absolute atomic E-state index is 0.00265. The Balaban J connectivity index is 2.89. The number of aromatic nitrogens is 1. The van der Waals surface area contributed by atoms with E-state index in [2.05, 4.69) is 0 Å². The molecular weight excluding hydrogens is 206 g/mol. The summed E-state index contributed by atoms with van der Waals surface area (Å²) in [6, 6.07) is 3.14. The van der Waals surface area contributed by atoms with Gasteiger partial charge in [0.2, 0.25) is 0 Å². The molecule has 0 saturated carbocycles. The van der Waals surface area contributed by atoms with Crippen molar-refractivity contribution in [2.24, 2.45) is 5.92 Å². The number of carbonyl (C=O) groups is 1. The van der Waals surface area contributed by atoms with Crippen LogP contribution in [0.5, 0.6) is 0 Å². The lowest BCUT2D eigenvalue weighted by atomic mass is 10.1. The van der Waals surface area contributed by atoms with E-state index in [1.165, 1.54) is 0 Å². The largest absolute Gasteiger partial charge is 0.481 e. The fraction of sp³-hybridized carbons (Fsp3) is 0.500. The average molecular weight is 223 g/mol. The second kappa shape index (κ2) is 4.96. The zero-order valence-corrected chi connectivity index (χ0v) is 9.86. The molecule has 1 unspecified atom stereocenters. The Bertz CT molecular complexity index is 422. The van der Waals surface area contributed by atoms with Gasteiger partial charge in [-0.1, -0.05) is 6.92 Å². The summed E-state index contributed by atoms with van der Waals surface area (Å²) < 4.78 is 1.98. The van der Waals surface area contributed by atoms with Crippen molar-refractivity contribution in [3.8, 4) is 0 Å². The van der Waals surface area contributed by atoms with Gasteiger partial charge in [0.25, 0.3) is 0 Å². The van der Waals surface area contributed by atoms with Crippen LogP contribution in [0.1, 0.15) is 24.7 Å². The van der Waals surface area contributed by atoms with E-state index in [-0.39, 0.29) is 17.8 Å². The van der Waals surface area contributed by atoms with Gasteiger partial charge in [0, 0.05) is 36.5 Å². The summed E-state index contributed by atoms with van der Waals surface area (Å²) in [6.45, 7) is 6.25. The zero-order valence-electron chi connectivity index (χ0n) is 9.86. The van der Waals surface area contributed by atoms with Crippen LogP contribution in [0.4, 0.5) is 0 Å². The number of hydrogen-bond donors (Lipinski definition) is 1. The fourth-order valence-electron chi connectivity index (χ4n) is 1.85. The molecule has 0 radical (unpaired) electrons. The summed E-state index contributed by atoms with van der Waals surface area (Å²) in [6.07, 6.45) is 0.144. The monoisotopic (exact) mass is 223 g/mol. The molecule has 1 heterocycles. The second-order valence-corrected chi connectivity index (χ2v) is 4.29. The van der Waals surface area contributed by atoms with E-state index in [1.807, 2.05) is 25.3 Å². The molecule has 0 fully saturated rings. The summed E-state index contributed by atoms with van der Waals surface area (Å²) in [7, 11) is 0. The summed E-state index contributed by atoms with van der Waals surface area (Å²) >= 11 is 0. The number of aryl methyl sites for hydroxylation is 2. The van der Waals surface area contributed by atoms with Gasteiger partial charge in [0.1, 0.15) is 0 Å². The quantitative estimate of drug-likeness (QED) is 0.843. The number of pyridine rings is 1. The number of rotatable bonds is 4. The van der Waals surface area contributed by atoms with E-state index >= 15 is 0 Å². The minimum Gasteiger partial charge on any atom is -0.481 e. The van der Waals surface area contributed by atoms with Gasteiger partial charge in [-0.2, -0.15) is 0 Å². The van der Waals surface area contributed by atoms with Crippen LogP contribution >= 0.6 is 0 Å². The highest BCUT2D eigenvalue weighted by atomic mass is 16.4. The van der Waals surface area contributed by atoms with Gasteiger partial charge >= 0.3 is 5.97 Å². The highest BCUT2D eigenvalue weighted by Gasteiger charge is 2.10. The van der Waals surface area contributed by atoms with Crippen molar-refractivity contribution >= 4 is 5.97 Å².